The maximum absolute atomic E-state index is 13.0. The molecular weight excluding hydrogens is 364 g/mol. The Morgan fingerprint density at radius 1 is 1.07 bits per heavy atom. The van der Waals surface area contributed by atoms with Crippen LogP contribution in [0.5, 0.6) is 0 Å². The Hall–Kier alpha value is -4.18. The van der Waals surface area contributed by atoms with Gasteiger partial charge in [0.1, 0.15) is 5.69 Å². The van der Waals surface area contributed by atoms with Gasteiger partial charge in [0.25, 0.3) is 5.91 Å². The Labute approximate surface area is 167 Å². The highest BCUT2D eigenvalue weighted by molar-refractivity contribution is 6.04. The van der Waals surface area contributed by atoms with Gasteiger partial charge in [-0.1, -0.05) is 12.1 Å². The van der Waals surface area contributed by atoms with Crippen molar-refractivity contribution in [2.24, 2.45) is 0 Å². The van der Waals surface area contributed by atoms with E-state index in [2.05, 4.69) is 21.4 Å². The second-order valence-electron chi connectivity index (χ2n) is 6.49. The molecule has 4 rings (SSSR count). The number of carbonyl (C=O) groups is 1. The quantitative estimate of drug-likeness (QED) is 0.583. The fourth-order valence-corrected chi connectivity index (χ4v) is 3.07. The van der Waals surface area contributed by atoms with E-state index in [9.17, 15) is 4.79 Å². The molecule has 0 spiro atoms. The lowest BCUT2D eigenvalue weighted by molar-refractivity contribution is 0.0988. The molecule has 4 aromatic rings. The number of fused-ring (bicyclic) bond motifs is 1. The first-order valence-electron chi connectivity index (χ1n) is 9.00. The zero-order valence-corrected chi connectivity index (χ0v) is 16.0. The molecule has 0 aliphatic heterocycles. The Morgan fingerprint density at radius 3 is 2.45 bits per heavy atom. The number of carbonyl (C=O) groups excluding carboxylic acids is 1. The molecule has 7 heteroatoms. The number of aromatic nitrogens is 3. The number of rotatable bonds is 4. The van der Waals surface area contributed by atoms with E-state index < -0.39 is 0 Å². The van der Waals surface area contributed by atoms with Gasteiger partial charge in [-0.25, -0.2) is 9.97 Å². The summed E-state index contributed by atoms with van der Waals surface area (Å²) in [7, 11) is 3.55. The van der Waals surface area contributed by atoms with Crippen LogP contribution in [0.1, 0.15) is 16.1 Å². The van der Waals surface area contributed by atoms with Crippen LogP contribution in [-0.4, -0.2) is 34.4 Å². The van der Waals surface area contributed by atoms with Crippen LogP contribution in [-0.2, 0) is 0 Å². The van der Waals surface area contributed by atoms with E-state index in [-0.39, 0.29) is 5.91 Å². The lowest BCUT2D eigenvalue weighted by Crippen LogP contribution is -2.27. The predicted octanol–water partition coefficient (Wildman–Crippen LogP) is 3.59. The number of nitriles is 1. The van der Waals surface area contributed by atoms with Gasteiger partial charge in [0, 0.05) is 37.2 Å². The summed E-state index contributed by atoms with van der Waals surface area (Å²) in [5, 5.41) is 12.0. The first-order chi connectivity index (χ1) is 14.1. The first-order valence-corrected chi connectivity index (χ1v) is 9.00. The molecule has 0 atom stereocenters. The summed E-state index contributed by atoms with van der Waals surface area (Å²) in [5.74, 6) is -0.248. The van der Waals surface area contributed by atoms with E-state index in [1.165, 1.54) is 4.90 Å². The van der Waals surface area contributed by atoms with Crippen molar-refractivity contribution in [2.45, 2.75) is 0 Å². The molecule has 2 aromatic carbocycles. The minimum Gasteiger partial charge on any atom is -0.388 e. The molecule has 0 fully saturated rings. The molecule has 2 aromatic heterocycles. The predicted molar refractivity (Wildman–Crippen MR) is 112 cm³/mol. The normalized spacial score (nSPS) is 10.5. The van der Waals surface area contributed by atoms with Gasteiger partial charge in [0.15, 0.2) is 5.65 Å². The highest BCUT2D eigenvalue weighted by atomic mass is 16.2. The largest absolute Gasteiger partial charge is 0.388 e. The van der Waals surface area contributed by atoms with Crippen LogP contribution in [0.2, 0.25) is 0 Å². The summed E-state index contributed by atoms with van der Waals surface area (Å²) >= 11 is 0. The molecule has 1 N–H and O–H groups in total. The molecule has 0 bridgehead atoms. The van der Waals surface area contributed by atoms with E-state index in [0.717, 1.165) is 16.9 Å². The number of nitrogens with one attached hydrogen (secondary N) is 1. The fourth-order valence-electron chi connectivity index (χ4n) is 3.07. The van der Waals surface area contributed by atoms with Crippen molar-refractivity contribution < 1.29 is 4.79 Å². The van der Waals surface area contributed by atoms with Crippen molar-refractivity contribution in [3.8, 4) is 17.3 Å². The van der Waals surface area contributed by atoms with Gasteiger partial charge in [0.05, 0.1) is 29.7 Å². The monoisotopic (exact) mass is 382 g/mol. The van der Waals surface area contributed by atoms with Crippen molar-refractivity contribution in [1.82, 2.24) is 14.4 Å². The van der Waals surface area contributed by atoms with Crippen molar-refractivity contribution in [2.75, 3.05) is 24.3 Å². The smallest absolute Gasteiger partial charge is 0.278 e. The maximum atomic E-state index is 13.0. The second kappa shape index (κ2) is 7.44. The minimum absolute atomic E-state index is 0.248. The number of anilines is 2. The lowest BCUT2D eigenvalue weighted by Gasteiger charge is -2.17. The minimum atomic E-state index is -0.248. The molecule has 7 nitrogen and oxygen atoms in total. The second-order valence-corrected chi connectivity index (χ2v) is 6.49. The van der Waals surface area contributed by atoms with Crippen LogP contribution in [0.25, 0.3) is 16.9 Å². The van der Waals surface area contributed by atoms with E-state index in [4.69, 9.17) is 5.26 Å². The number of benzene rings is 2. The highest BCUT2D eigenvalue weighted by Crippen LogP contribution is 2.23. The summed E-state index contributed by atoms with van der Waals surface area (Å²) in [5.41, 5.74) is 5.07. The van der Waals surface area contributed by atoms with Crippen molar-refractivity contribution in [3.63, 3.8) is 0 Å². The average molecular weight is 382 g/mol. The van der Waals surface area contributed by atoms with Crippen LogP contribution in [0, 0.1) is 11.3 Å². The third-order valence-electron chi connectivity index (χ3n) is 4.77. The zero-order valence-electron chi connectivity index (χ0n) is 16.0. The Bertz CT molecular complexity index is 1220. The molecule has 0 saturated carbocycles. The van der Waals surface area contributed by atoms with Gasteiger partial charge >= 0.3 is 0 Å². The zero-order chi connectivity index (χ0) is 20.4. The highest BCUT2D eigenvalue weighted by Gasteiger charge is 2.17. The molecule has 0 unspecified atom stereocenters. The number of amides is 1. The number of imidazole rings is 1. The third-order valence-corrected chi connectivity index (χ3v) is 4.77. The van der Waals surface area contributed by atoms with Crippen LogP contribution in [0.15, 0.2) is 67.1 Å². The first kappa shape index (κ1) is 18.2. The molecule has 142 valence electrons. The van der Waals surface area contributed by atoms with Crippen molar-refractivity contribution in [1.29, 1.82) is 5.26 Å². The van der Waals surface area contributed by atoms with Crippen molar-refractivity contribution >= 4 is 22.9 Å². The molecular formula is C22H18N6O. The van der Waals surface area contributed by atoms with E-state index in [1.54, 1.807) is 49.9 Å². The topological polar surface area (TPSA) is 86.3 Å². The van der Waals surface area contributed by atoms with E-state index in [0.29, 0.717) is 22.6 Å². The number of hydrogen-bond donors (Lipinski definition) is 1. The number of hydrogen-bond acceptors (Lipinski definition) is 5. The Kier molecular flexibility index (Phi) is 4.67. The van der Waals surface area contributed by atoms with Gasteiger partial charge in [-0.05, 0) is 36.4 Å². The van der Waals surface area contributed by atoms with Gasteiger partial charge in [0.2, 0.25) is 0 Å². The summed E-state index contributed by atoms with van der Waals surface area (Å²) in [6.07, 6.45) is 5.06. The summed E-state index contributed by atoms with van der Waals surface area (Å²) in [6, 6.07) is 16.9. The fraction of sp³-hybridized carbons (Fsp3) is 0.0909. The molecule has 0 radical (unpaired) electrons. The molecule has 0 aliphatic carbocycles. The van der Waals surface area contributed by atoms with E-state index >= 15 is 0 Å². The lowest BCUT2D eigenvalue weighted by atomic mass is 10.1. The standard InChI is InChI=1S/C22H18N6O/c1-24-17-7-5-16(6-8-17)20-12-26-21-13-25-19(14-28(20)21)22(29)27(2)18-9-3-15(11-23)4-10-18/h3-10,12-14,24H,1-2H3. The van der Waals surface area contributed by atoms with Crippen LogP contribution < -0.4 is 10.2 Å². The molecule has 0 saturated heterocycles. The Morgan fingerprint density at radius 2 is 1.79 bits per heavy atom. The summed E-state index contributed by atoms with van der Waals surface area (Å²) < 4.78 is 1.86. The van der Waals surface area contributed by atoms with Gasteiger partial charge in [-0.2, -0.15) is 5.26 Å². The SMILES string of the molecule is CNc1ccc(-c2cnc3cnc(C(=O)N(C)c4ccc(C#N)cc4)cn23)cc1. The molecule has 29 heavy (non-hydrogen) atoms. The van der Waals surface area contributed by atoms with Gasteiger partial charge in [-0.3, -0.25) is 9.20 Å². The number of nitrogens with zero attached hydrogens (tertiary/aromatic N) is 5. The average Bonchev–Trinajstić information content (AvgIpc) is 3.21. The summed E-state index contributed by atoms with van der Waals surface area (Å²) in [4.78, 5) is 23.1. The maximum Gasteiger partial charge on any atom is 0.278 e. The van der Waals surface area contributed by atoms with Crippen LogP contribution in [0.4, 0.5) is 11.4 Å². The third kappa shape index (κ3) is 3.39. The van der Waals surface area contributed by atoms with Gasteiger partial charge in [-0.15, -0.1) is 0 Å². The summed E-state index contributed by atoms with van der Waals surface area (Å²) in [6.45, 7) is 0. The van der Waals surface area contributed by atoms with Crippen LogP contribution >= 0.6 is 0 Å². The molecule has 2 heterocycles. The van der Waals surface area contributed by atoms with Crippen molar-refractivity contribution in [3.05, 3.63) is 78.4 Å². The van der Waals surface area contributed by atoms with Crippen LogP contribution in [0.3, 0.4) is 0 Å². The Balaban J connectivity index is 1.68. The van der Waals surface area contributed by atoms with E-state index in [1.807, 2.05) is 35.7 Å². The van der Waals surface area contributed by atoms with Gasteiger partial charge < -0.3 is 10.2 Å². The molecule has 1 amide bonds. The molecule has 0 aliphatic rings.